The van der Waals surface area contributed by atoms with Crippen LogP contribution in [0.25, 0.3) is 17.2 Å². The molecule has 36 heavy (non-hydrogen) atoms. The first-order chi connectivity index (χ1) is 17.7. The fourth-order valence-corrected chi connectivity index (χ4v) is 4.20. The van der Waals surface area contributed by atoms with Crippen molar-refractivity contribution in [3.8, 4) is 11.1 Å². The molecule has 2 nitrogen and oxygen atoms in total. The Morgan fingerprint density at radius 2 is 1.19 bits per heavy atom. The molecule has 0 unspecified atom stereocenters. The fraction of sp³-hybridized carbons (Fsp3) is 0. The minimum absolute atomic E-state index is 0.130. The van der Waals surface area contributed by atoms with Crippen LogP contribution in [-0.2, 0) is 0 Å². The molecule has 0 saturated carbocycles. The van der Waals surface area contributed by atoms with Crippen molar-refractivity contribution in [3.05, 3.63) is 156 Å². The van der Waals surface area contributed by atoms with E-state index in [1.54, 1.807) is 18.2 Å². The van der Waals surface area contributed by atoms with Gasteiger partial charge in [0.15, 0.2) is 5.78 Å². The number of carbonyl (C=O) groups excluding carboxylic acids is 1. The lowest BCUT2D eigenvalue weighted by molar-refractivity contribution is 0.104. The quantitative estimate of drug-likeness (QED) is 0.175. The highest BCUT2D eigenvalue weighted by Crippen LogP contribution is 2.34. The van der Waals surface area contributed by atoms with E-state index in [1.807, 2.05) is 91.0 Å². The first kappa shape index (κ1) is 23.0. The summed E-state index contributed by atoms with van der Waals surface area (Å²) < 4.78 is 13.8. The molecular formula is C33H24FNO. The Morgan fingerprint density at radius 3 is 1.83 bits per heavy atom. The molecule has 0 heterocycles. The van der Waals surface area contributed by atoms with E-state index in [-0.39, 0.29) is 11.6 Å². The van der Waals surface area contributed by atoms with Gasteiger partial charge in [-0.3, -0.25) is 4.79 Å². The van der Waals surface area contributed by atoms with Crippen LogP contribution in [0.5, 0.6) is 0 Å². The van der Waals surface area contributed by atoms with E-state index in [0.717, 1.165) is 22.6 Å². The van der Waals surface area contributed by atoms with E-state index in [2.05, 4.69) is 29.2 Å². The van der Waals surface area contributed by atoms with Crippen LogP contribution in [0.15, 0.2) is 140 Å². The Labute approximate surface area is 210 Å². The third-order valence-corrected chi connectivity index (χ3v) is 5.94. The maximum Gasteiger partial charge on any atom is 0.186 e. The van der Waals surface area contributed by atoms with E-state index < -0.39 is 0 Å². The molecule has 0 spiro atoms. The molecule has 5 rings (SSSR count). The standard InChI is InChI=1S/C33H24FNO/c34-27-11-9-10-26(24-27)31-16-7-8-17-32(31)33(36)23-20-25-18-21-30(22-19-25)35(28-12-3-1-4-13-28)29-14-5-2-6-15-29/h1-24H. The smallest absolute Gasteiger partial charge is 0.186 e. The molecule has 0 radical (unpaired) electrons. The van der Waals surface area contributed by atoms with E-state index >= 15 is 0 Å². The number of hydrogen-bond acceptors (Lipinski definition) is 2. The molecule has 5 aromatic rings. The molecule has 0 amide bonds. The number of nitrogens with zero attached hydrogens (tertiary/aromatic N) is 1. The van der Waals surface area contributed by atoms with Gasteiger partial charge in [0, 0.05) is 22.6 Å². The van der Waals surface area contributed by atoms with Crippen molar-refractivity contribution < 1.29 is 9.18 Å². The molecule has 0 fully saturated rings. The van der Waals surface area contributed by atoms with Gasteiger partial charge in [-0.05, 0) is 71.3 Å². The molecular weight excluding hydrogens is 445 g/mol. The number of hydrogen-bond donors (Lipinski definition) is 0. The lowest BCUT2D eigenvalue weighted by atomic mass is 9.96. The zero-order chi connectivity index (χ0) is 24.7. The van der Waals surface area contributed by atoms with Gasteiger partial charge >= 0.3 is 0 Å². The van der Waals surface area contributed by atoms with Gasteiger partial charge < -0.3 is 4.90 Å². The van der Waals surface area contributed by atoms with E-state index in [4.69, 9.17) is 0 Å². The molecule has 3 heteroatoms. The lowest BCUT2D eigenvalue weighted by Gasteiger charge is -2.25. The first-order valence-corrected chi connectivity index (χ1v) is 11.8. The third kappa shape index (κ3) is 5.16. The predicted molar refractivity (Wildman–Crippen MR) is 146 cm³/mol. The van der Waals surface area contributed by atoms with E-state index in [1.165, 1.54) is 12.1 Å². The molecule has 0 aliphatic carbocycles. The van der Waals surface area contributed by atoms with Gasteiger partial charge in [-0.1, -0.05) is 91.0 Å². The van der Waals surface area contributed by atoms with Crippen LogP contribution in [0.1, 0.15) is 15.9 Å². The summed E-state index contributed by atoms with van der Waals surface area (Å²) in [5.41, 5.74) is 5.99. The topological polar surface area (TPSA) is 20.3 Å². The van der Waals surface area contributed by atoms with Gasteiger partial charge in [0.2, 0.25) is 0 Å². The van der Waals surface area contributed by atoms with Crippen molar-refractivity contribution in [1.82, 2.24) is 0 Å². The molecule has 5 aromatic carbocycles. The number of rotatable bonds is 7. The van der Waals surface area contributed by atoms with Gasteiger partial charge in [-0.25, -0.2) is 4.39 Å². The molecule has 0 aliphatic heterocycles. The minimum atomic E-state index is -0.328. The van der Waals surface area contributed by atoms with Gasteiger partial charge in [0.25, 0.3) is 0 Å². The Bertz CT molecular complexity index is 1450. The minimum Gasteiger partial charge on any atom is -0.311 e. The summed E-state index contributed by atoms with van der Waals surface area (Å²) in [6.45, 7) is 0. The summed E-state index contributed by atoms with van der Waals surface area (Å²) in [6.07, 6.45) is 3.38. The van der Waals surface area contributed by atoms with Crippen molar-refractivity contribution in [2.75, 3.05) is 4.90 Å². The van der Waals surface area contributed by atoms with Crippen molar-refractivity contribution in [2.24, 2.45) is 0 Å². The monoisotopic (exact) mass is 469 g/mol. The van der Waals surface area contributed by atoms with Gasteiger partial charge in [-0.15, -0.1) is 0 Å². The Kier molecular flexibility index (Phi) is 6.81. The van der Waals surface area contributed by atoms with Gasteiger partial charge in [0.1, 0.15) is 5.82 Å². The first-order valence-electron chi connectivity index (χ1n) is 11.8. The normalized spacial score (nSPS) is 10.9. The van der Waals surface area contributed by atoms with Crippen LogP contribution in [0.3, 0.4) is 0 Å². The van der Waals surface area contributed by atoms with E-state index in [0.29, 0.717) is 16.7 Å². The van der Waals surface area contributed by atoms with E-state index in [9.17, 15) is 9.18 Å². The number of benzene rings is 5. The molecule has 0 aromatic heterocycles. The second-order valence-electron chi connectivity index (χ2n) is 8.35. The highest BCUT2D eigenvalue weighted by atomic mass is 19.1. The van der Waals surface area contributed by atoms with Crippen molar-refractivity contribution in [1.29, 1.82) is 0 Å². The second kappa shape index (κ2) is 10.7. The highest BCUT2D eigenvalue weighted by Gasteiger charge is 2.12. The van der Waals surface area contributed by atoms with Crippen molar-refractivity contribution >= 4 is 28.9 Å². The largest absolute Gasteiger partial charge is 0.311 e. The molecule has 0 aliphatic rings. The zero-order valence-electron chi connectivity index (χ0n) is 19.6. The number of anilines is 3. The molecule has 174 valence electrons. The molecule has 0 bridgehead atoms. The number of allylic oxidation sites excluding steroid dienone is 1. The van der Waals surface area contributed by atoms with Crippen molar-refractivity contribution in [3.63, 3.8) is 0 Å². The summed E-state index contributed by atoms with van der Waals surface area (Å²) in [6, 6.07) is 42.1. The maximum absolute atomic E-state index is 13.8. The van der Waals surface area contributed by atoms with Crippen LogP contribution in [0.2, 0.25) is 0 Å². The maximum atomic E-state index is 13.8. The summed E-state index contributed by atoms with van der Waals surface area (Å²) in [5.74, 6) is -0.459. The van der Waals surface area contributed by atoms with Crippen molar-refractivity contribution in [2.45, 2.75) is 0 Å². The van der Waals surface area contributed by atoms with Gasteiger partial charge in [-0.2, -0.15) is 0 Å². The number of ketones is 1. The predicted octanol–water partition coefficient (Wildman–Crippen LogP) is 8.86. The summed E-state index contributed by atoms with van der Waals surface area (Å²) in [4.78, 5) is 15.2. The average molecular weight is 470 g/mol. The summed E-state index contributed by atoms with van der Waals surface area (Å²) >= 11 is 0. The summed E-state index contributed by atoms with van der Waals surface area (Å²) in [7, 11) is 0. The second-order valence-corrected chi connectivity index (χ2v) is 8.35. The molecule has 0 N–H and O–H groups in total. The Morgan fingerprint density at radius 1 is 0.611 bits per heavy atom. The Hall–Kier alpha value is -4.76. The lowest BCUT2D eigenvalue weighted by Crippen LogP contribution is -2.09. The fourth-order valence-electron chi connectivity index (χ4n) is 4.20. The van der Waals surface area contributed by atoms with Crippen LogP contribution in [0.4, 0.5) is 21.5 Å². The average Bonchev–Trinajstić information content (AvgIpc) is 2.94. The molecule has 0 atom stereocenters. The highest BCUT2D eigenvalue weighted by molar-refractivity contribution is 6.11. The number of halogens is 1. The molecule has 0 saturated heterocycles. The zero-order valence-corrected chi connectivity index (χ0v) is 19.6. The van der Waals surface area contributed by atoms with Gasteiger partial charge in [0.05, 0.1) is 0 Å². The SMILES string of the molecule is O=C(C=Cc1ccc(N(c2ccccc2)c2ccccc2)cc1)c1ccccc1-c1cccc(F)c1. The number of carbonyl (C=O) groups is 1. The third-order valence-electron chi connectivity index (χ3n) is 5.94. The van der Waals surface area contributed by atoms with Crippen LogP contribution < -0.4 is 4.90 Å². The summed E-state index contributed by atoms with van der Waals surface area (Å²) in [5, 5.41) is 0. The Balaban J connectivity index is 1.40. The van der Waals surface area contributed by atoms with Crippen LogP contribution in [0, 0.1) is 5.82 Å². The van der Waals surface area contributed by atoms with Crippen LogP contribution >= 0.6 is 0 Å². The van der Waals surface area contributed by atoms with Crippen LogP contribution in [-0.4, -0.2) is 5.78 Å². The number of para-hydroxylation sites is 2.